The van der Waals surface area contributed by atoms with Crippen LogP contribution in [0.4, 0.5) is 0 Å². The van der Waals surface area contributed by atoms with Gasteiger partial charge in [0.25, 0.3) is 0 Å². The van der Waals surface area contributed by atoms with E-state index in [2.05, 4.69) is 0 Å². The van der Waals surface area contributed by atoms with Crippen LogP contribution in [0.15, 0.2) is 24.3 Å². The van der Waals surface area contributed by atoms with Crippen molar-refractivity contribution in [2.75, 3.05) is 12.4 Å². The SMILES string of the molecule is CCOC(=O)C(C)CSC(=O)c1ccccc1Cl. The topological polar surface area (TPSA) is 43.4 Å². The molecule has 1 aromatic carbocycles. The van der Waals surface area contributed by atoms with Crippen molar-refractivity contribution in [1.29, 1.82) is 0 Å². The first-order chi connectivity index (χ1) is 8.56. The van der Waals surface area contributed by atoms with E-state index in [1.807, 2.05) is 0 Å². The number of rotatable bonds is 5. The average Bonchev–Trinajstić information content (AvgIpc) is 2.36. The molecule has 0 spiro atoms. The number of carbonyl (C=O) groups excluding carboxylic acids is 2. The fourth-order valence-corrected chi connectivity index (χ4v) is 2.41. The Kier molecular flexibility index (Phi) is 6.22. The van der Waals surface area contributed by atoms with Crippen molar-refractivity contribution < 1.29 is 14.3 Å². The Labute approximate surface area is 116 Å². The molecule has 0 N–H and O–H groups in total. The molecule has 0 aliphatic heterocycles. The van der Waals surface area contributed by atoms with Crippen LogP contribution in [0.25, 0.3) is 0 Å². The molecule has 0 aliphatic rings. The highest BCUT2D eigenvalue weighted by Gasteiger charge is 2.17. The quantitative estimate of drug-likeness (QED) is 0.778. The highest BCUT2D eigenvalue weighted by atomic mass is 35.5. The number of esters is 1. The third kappa shape index (κ3) is 4.35. The van der Waals surface area contributed by atoms with Crippen LogP contribution >= 0.6 is 23.4 Å². The molecule has 1 rings (SSSR count). The molecule has 1 atom stereocenters. The van der Waals surface area contributed by atoms with E-state index in [9.17, 15) is 9.59 Å². The Bertz CT molecular complexity index is 434. The van der Waals surface area contributed by atoms with E-state index < -0.39 is 0 Å². The van der Waals surface area contributed by atoms with Crippen LogP contribution < -0.4 is 0 Å². The molecule has 98 valence electrons. The van der Waals surface area contributed by atoms with Crippen LogP contribution in [0.1, 0.15) is 24.2 Å². The highest BCUT2D eigenvalue weighted by Crippen LogP contribution is 2.22. The fourth-order valence-electron chi connectivity index (χ4n) is 1.26. The van der Waals surface area contributed by atoms with Gasteiger partial charge in [-0.25, -0.2) is 0 Å². The fraction of sp³-hybridized carbons (Fsp3) is 0.385. The van der Waals surface area contributed by atoms with E-state index in [1.165, 1.54) is 0 Å². The zero-order chi connectivity index (χ0) is 13.5. The van der Waals surface area contributed by atoms with Gasteiger partial charge in [0.2, 0.25) is 5.12 Å². The van der Waals surface area contributed by atoms with Gasteiger partial charge in [-0.15, -0.1) is 0 Å². The molecule has 3 nitrogen and oxygen atoms in total. The summed E-state index contributed by atoms with van der Waals surface area (Å²) in [5.74, 6) is -0.193. The first-order valence-corrected chi connectivity index (χ1v) is 7.01. The number of benzene rings is 1. The van der Waals surface area contributed by atoms with Crippen molar-refractivity contribution in [3.63, 3.8) is 0 Å². The maximum Gasteiger partial charge on any atom is 0.309 e. The minimum absolute atomic E-state index is 0.128. The number of hydrogen-bond donors (Lipinski definition) is 0. The molecule has 5 heteroatoms. The molecule has 18 heavy (non-hydrogen) atoms. The smallest absolute Gasteiger partial charge is 0.309 e. The van der Waals surface area contributed by atoms with E-state index >= 15 is 0 Å². The van der Waals surface area contributed by atoms with Gasteiger partial charge < -0.3 is 4.74 Å². The van der Waals surface area contributed by atoms with Gasteiger partial charge in [-0.3, -0.25) is 9.59 Å². The summed E-state index contributed by atoms with van der Waals surface area (Å²) in [6.45, 7) is 3.85. The van der Waals surface area contributed by atoms with Gasteiger partial charge in [0.1, 0.15) is 0 Å². The van der Waals surface area contributed by atoms with Gasteiger partial charge in [-0.2, -0.15) is 0 Å². The van der Waals surface area contributed by atoms with Gasteiger partial charge in [-0.1, -0.05) is 42.4 Å². The Morgan fingerprint density at radius 3 is 2.67 bits per heavy atom. The molecule has 0 amide bonds. The van der Waals surface area contributed by atoms with Crippen molar-refractivity contribution in [3.05, 3.63) is 34.9 Å². The lowest BCUT2D eigenvalue weighted by atomic mass is 10.2. The first-order valence-electron chi connectivity index (χ1n) is 5.64. The lowest BCUT2D eigenvalue weighted by Gasteiger charge is -2.09. The van der Waals surface area contributed by atoms with Crippen molar-refractivity contribution in [2.45, 2.75) is 13.8 Å². The van der Waals surface area contributed by atoms with Gasteiger partial charge in [0.05, 0.1) is 17.5 Å². The summed E-state index contributed by atoms with van der Waals surface area (Å²) in [6, 6.07) is 6.87. The van der Waals surface area contributed by atoms with Crippen LogP contribution in [0.3, 0.4) is 0 Å². The molecule has 0 saturated carbocycles. The molecule has 0 aromatic heterocycles. The second-order valence-electron chi connectivity index (χ2n) is 3.73. The molecule has 0 fully saturated rings. The molecule has 0 bridgehead atoms. The number of halogens is 1. The Morgan fingerprint density at radius 2 is 2.06 bits per heavy atom. The van der Waals surface area contributed by atoms with Gasteiger partial charge >= 0.3 is 5.97 Å². The summed E-state index contributed by atoms with van der Waals surface area (Å²) in [4.78, 5) is 23.3. The van der Waals surface area contributed by atoms with Crippen LogP contribution in [0.2, 0.25) is 5.02 Å². The lowest BCUT2D eigenvalue weighted by molar-refractivity contribution is -0.146. The largest absolute Gasteiger partial charge is 0.466 e. The lowest BCUT2D eigenvalue weighted by Crippen LogP contribution is -2.17. The van der Waals surface area contributed by atoms with Gasteiger partial charge in [0.15, 0.2) is 0 Å². The predicted molar refractivity (Wildman–Crippen MR) is 74.0 cm³/mol. The number of thioether (sulfide) groups is 1. The Balaban J connectivity index is 2.52. The van der Waals surface area contributed by atoms with Crippen molar-refractivity contribution >= 4 is 34.4 Å². The number of carbonyl (C=O) groups is 2. The molecule has 1 aromatic rings. The van der Waals surface area contributed by atoms with Crippen LogP contribution in [-0.2, 0) is 9.53 Å². The normalized spacial score (nSPS) is 11.9. The third-order valence-electron chi connectivity index (χ3n) is 2.25. The van der Waals surface area contributed by atoms with E-state index in [-0.39, 0.29) is 17.0 Å². The van der Waals surface area contributed by atoms with Gasteiger partial charge in [0, 0.05) is 11.3 Å². The predicted octanol–water partition coefficient (Wildman–Crippen LogP) is 3.41. The second-order valence-corrected chi connectivity index (χ2v) is 5.13. The molecule has 0 aliphatic carbocycles. The molecule has 0 heterocycles. The summed E-state index contributed by atoms with van der Waals surface area (Å²) in [7, 11) is 0. The van der Waals surface area contributed by atoms with E-state index in [0.717, 1.165) is 11.8 Å². The van der Waals surface area contributed by atoms with Crippen molar-refractivity contribution in [1.82, 2.24) is 0 Å². The summed E-state index contributed by atoms with van der Waals surface area (Å²) >= 11 is 7.00. The maximum atomic E-state index is 11.9. The minimum atomic E-state index is -0.304. The number of hydrogen-bond acceptors (Lipinski definition) is 4. The van der Waals surface area contributed by atoms with Crippen LogP contribution in [-0.4, -0.2) is 23.4 Å². The standard InChI is InChI=1S/C13H15ClO3S/c1-3-17-12(15)9(2)8-18-13(16)10-6-4-5-7-11(10)14/h4-7,9H,3,8H2,1-2H3. The molecular formula is C13H15ClO3S. The minimum Gasteiger partial charge on any atom is -0.466 e. The zero-order valence-electron chi connectivity index (χ0n) is 10.3. The molecule has 1 unspecified atom stereocenters. The van der Waals surface area contributed by atoms with Crippen molar-refractivity contribution in [3.8, 4) is 0 Å². The van der Waals surface area contributed by atoms with Crippen molar-refractivity contribution in [2.24, 2.45) is 5.92 Å². The highest BCUT2D eigenvalue weighted by molar-refractivity contribution is 8.14. The number of ether oxygens (including phenoxy) is 1. The van der Waals surface area contributed by atoms with E-state index in [0.29, 0.717) is 22.9 Å². The summed E-state index contributed by atoms with van der Waals surface area (Å²) in [5, 5.41) is 0.301. The van der Waals surface area contributed by atoms with Gasteiger partial charge in [-0.05, 0) is 19.1 Å². The molecular weight excluding hydrogens is 272 g/mol. The zero-order valence-corrected chi connectivity index (χ0v) is 11.9. The first kappa shape index (κ1) is 15.1. The summed E-state index contributed by atoms with van der Waals surface area (Å²) < 4.78 is 4.88. The Morgan fingerprint density at radius 1 is 1.39 bits per heavy atom. The summed E-state index contributed by atoms with van der Waals surface area (Å²) in [5.41, 5.74) is 0.472. The summed E-state index contributed by atoms with van der Waals surface area (Å²) in [6.07, 6.45) is 0. The Hall–Kier alpha value is -1.00. The molecule has 0 saturated heterocycles. The van der Waals surface area contributed by atoms with Crippen LogP contribution in [0, 0.1) is 5.92 Å². The van der Waals surface area contributed by atoms with Crippen LogP contribution in [0.5, 0.6) is 0 Å². The average molecular weight is 287 g/mol. The maximum absolute atomic E-state index is 11.9. The monoisotopic (exact) mass is 286 g/mol. The van der Waals surface area contributed by atoms with E-state index in [1.54, 1.807) is 38.1 Å². The molecule has 0 radical (unpaired) electrons. The second kappa shape index (κ2) is 7.44. The third-order valence-corrected chi connectivity index (χ3v) is 3.73. The van der Waals surface area contributed by atoms with E-state index in [4.69, 9.17) is 16.3 Å².